The molecule has 1 radical (unpaired) electrons. The van der Waals surface area contributed by atoms with E-state index in [1.807, 2.05) is 0 Å². The van der Waals surface area contributed by atoms with Crippen LogP contribution >= 0.6 is 8.46 Å². The van der Waals surface area contributed by atoms with Crippen LogP contribution in [0, 0.1) is 6.35 Å². The van der Waals surface area contributed by atoms with Gasteiger partial charge in [-0.1, -0.05) is 6.58 Å². The maximum Gasteiger partial charge on any atom is 0.329 e. The van der Waals surface area contributed by atoms with E-state index in [4.69, 9.17) is 9.67 Å². The molecule has 0 bridgehead atoms. The lowest BCUT2D eigenvalue weighted by Crippen LogP contribution is -1.91. The lowest BCUT2D eigenvalue weighted by molar-refractivity contribution is -0.134. The molecule has 0 aliphatic rings. The molecule has 0 rings (SSSR count). The topological polar surface area (TPSA) is 63.6 Å². The smallest absolute Gasteiger partial charge is 0.329 e. The zero-order valence-electron chi connectivity index (χ0n) is 5.48. The molecule has 0 aliphatic carbocycles. The van der Waals surface area contributed by atoms with Crippen LogP contribution in [0.15, 0.2) is 12.7 Å². The van der Waals surface area contributed by atoms with E-state index in [1.54, 1.807) is 0 Å². The average Bonchev–Trinajstić information content (AvgIpc) is 2.03. The lowest BCUT2D eigenvalue weighted by atomic mass is 10.7. The Balaban J connectivity index is 0. The first-order valence-electron chi connectivity index (χ1n) is 2.21. The predicted octanol–water partition coefficient (Wildman–Crippen LogP) is 1.12. The van der Waals surface area contributed by atoms with Gasteiger partial charge >= 0.3 is 5.97 Å². The summed E-state index contributed by atoms with van der Waals surface area (Å²) < 4.78 is 13.1. The van der Waals surface area contributed by atoms with Crippen LogP contribution in [0.25, 0.3) is 0 Å². The van der Waals surface area contributed by atoms with Gasteiger partial charge in [-0.15, -0.1) is 0 Å². The van der Waals surface area contributed by atoms with Crippen molar-refractivity contribution >= 4 is 14.4 Å². The zero-order chi connectivity index (χ0) is 8.41. The molecule has 0 saturated heterocycles. The molecule has 0 aromatic heterocycles. The maximum atomic E-state index is 9.84. The van der Waals surface area contributed by atoms with Crippen LogP contribution < -0.4 is 0 Å². The van der Waals surface area contributed by atoms with Crippen molar-refractivity contribution in [1.29, 1.82) is 0 Å². The second-order valence-electron chi connectivity index (χ2n) is 0.948. The summed E-state index contributed by atoms with van der Waals surface area (Å²) in [5.41, 5.74) is 0. The number of aliphatic hydroxyl groups is 1. The molecule has 0 spiro atoms. The number of carbonyl (C=O) groups is 1. The van der Waals surface area contributed by atoms with Gasteiger partial charge in [-0.2, -0.15) is 0 Å². The summed E-state index contributed by atoms with van der Waals surface area (Å²) in [6.45, 7) is 3.16. The van der Waals surface area contributed by atoms with E-state index in [2.05, 4.69) is 11.3 Å². The van der Waals surface area contributed by atoms with Crippen LogP contribution in [0.3, 0.4) is 0 Å². The molecule has 0 saturated carbocycles. The summed E-state index contributed by atoms with van der Waals surface area (Å²) >= 11 is 0. The highest BCUT2D eigenvalue weighted by atomic mass is 31.1. The Morgan fingerprint density at radius 1 is 1.80 bits per heavy atom. The van der Waals surface area contributed by atoms with Gasteiger partial charge in [0.25, 0.3) is 0 Å². The van der Waals surface area contributed by atoms with Gasteiger partial charge in [0.05, 0.1) is 7.11 Å². The highest BCUT2D eigenvalue weighted by Crippen LogP contribution is 1.87. The van der Waals surface area contributed by atoms with Crippen molar-refractivity contribution in [1.82, 2.24) is 0 Å². The van der Waals surface area contributed by atoms with Crippen LogP contribution in [-0.2, 0) is 14.1 Å². The average molecular weight is 163 g/mol. The Labute approximate surface area is 60.7 Å². The van der Waals surface area contributed by atoms with E-state index in [-0.39, 0.29) is 8.46 Å². The Morgan fingerprint density at radius 2 is 2.20 bits per heavy atom. The summed E-state index contributed by atoms with van der Waals surface area (Å²) in [7, 11) is 0.989. The predicted molar refractivity (Wildman–Crippen MR) is 36.1 cm³/mol. The summed E-state index contributed by atoms with van der Waals surface area (Å²) in [6.07, 6.45) is 1.65. The molecule has 57 valence electrons. The third-order valence-corrected chi connectivity index (χ3v) is 0.509. The fourth-order valence-electron chi connectivity index (χ4n) is 0.0833. The van der Waals surface area contributed by atoms with Crippen LogP contribution in [0.1, 0.15) is 0 Å². The molecule has 0 unspecified atom stereocenters. The van der Waals surface area contributed by atoms with Gasteiger partial charge in [-0.3, -0.25) is 4.57 Å². The molecule has 1 N–H and O–H groups in total. The van der Waals surface area contributed by atoms with Gasteiger partial charge in [0.1, 0.15) is 0 Å². The monoisotopic (exact) mass is 163 g/mol. The first kappa shape index (κ1) is 12.0. The number of methoxy groups -OCH3 is 1. The largest absolute Gasteiger partial charge is 0.466 e. The lowest BCUT2D eigenvalue weighted by Gasteiger charge is -1.83. The summed E-state index contributed by atoms with van der Waals surface area (Å²) in [5.74, 6) is -0.394. The van der Waals surface area contributed by atoms with E-state index >= 15 is 0 Å². The molecular formula is C5H8O4P. The summed E-state index contributed by atoms with van der Waals surface area (Å²) in [6, 6.07) is 0. The van der Waals surface area contributed by atoms with Gasteiger partial charge in [0, 0.05) is 6.08 Å². The van der Waals surface area contributed by atoms with Crippen molar-refractivity contribution in [2.45, 2.75) is 0 Å². The highest BCUT2D eigenvalue weighted by molar-refractivity contribution is 7.26. The van der Waals surface area contributed by atoms with E-state index < -0.39 is 5.97 Å². The van der Waals surface area contributed by atoms with Crippen LogP contribution in [-0.4, -0.2) is 18.2 Å². The van der Waals surface area contributed by atoms with Gasteiger partial charge in [0.15, 0.2) is 14.8 Å². The van der Waals surface area contributed by atoms with Gasteiger partial charge < -0.3 is 9.84 Å². The number of hydrogen-bond donors (Lipinski definition) is 1. The first-order chi connectivity index (χ1) is 4.72. The van der Waals surface area contributed by atoms with E-state index in [9.17, 15) is 4.79 Å². The number of rotatable bonds is 2. The van der Waals surface area contributed by atoms with Crippen LogP contribution in [0.5, 0.6) is 0 Å². The number of ether oxygens (including phenoxy) is 1. The molecule has 0 atom stereocenters. The molecule has 0 aromatic rings. The van der Waals surface area contributed by atoms with Gasteiger partial charge in [-0.25, -0.2) is 4.79 Å². The number of esters is 1. The third-order valence-electron chi connectivity index (χ3n) is 0.415. The van der Waals surface area contributed by atoms with Crippen molar-refractivity contribution in [3.8, 4) is 0 Å². The van der Waals surface area contributed by atoms with E-state index in [1.165, 1.54) is 7.11 Å². The third kappa shape index (κ3) is 15.7. The molecule has 10 heavy (non-hydrogen) atoms. The zero-order valence-corrected chi connectivity index (χ0v) is 6.38. The maximum absolute atomic E-state index is 9.84. The molecule has 0 fully saturated rings. The second kappa shape index (κ2) is 11.1. The summed E-state index contributed by atoms with van der Waals surface area (Å²) in [5, 5.41) is 7.43. The molecule has 5 heteroatoms. The molecule has 0 aromatic carbocycles. The van der Waals surface area contributed by atoms with Crippen LogP contribution in [0.2, 0.25) is 0 Å². The van der Waals surface area contributed by atoms with Crippen LogP contribution in [0.4, 0.5) is 0 Å². The Hall–Kier alpha value is -0.730. The van der Waals surface area contributed by atoms with Gasteiger partial charge in [-0.05, 0) is 0 Å². The van der Waals surface area contributed by atoms with Crippen molar-refractivity contribution in [3.05, 3.63) is 19.0 Å². The van der Waals surface area contributed by atoms with Crippen molar-refractivity contribution in [3.63, 3.8) is 0 Å². The van der Waals surface area contributed by atoms with Gasteiger partial charge in [0.2, 0.25) is 0 Å². The quantitative estimate of drug-likeness (QED) is 0.376. The Bertz CT molecular complexity index is 112. The molecule has 0 aliphatic heterocycles. The number of aliphatic hydroxyl groups excluding tert-OH is 1. The SMILES string of the molecule is C=CC(=O)OC.O=P[CH]O. The number of carbonyl (C=O) groups excluding carboxylic acids is 1. The molecule has 0 heterocycles. The molecular weight excluding hydrogens is 155 g/mol. The molecule has 0 amide bonds. The fourth-order valence-corrected chi connectivity index (χ4v) is 0.0833. The number of hydrogen-bond acceptors (Lipinski definition) is 4. The fraction of sp³-hybridized carbons (Fsp3) is 0.200. The van der Waals surface area contributed by atoms with Crippen molar-refractivity contribution in [2.24, 2.45) is 0 Å². The normalized spacial score (nSPS) is 7.40. The summed E-state index contributed by atoms with van der Waals surface area (Å²) in [4.78, 5) is 9.84. The minimum absolute atomic E-state index is 0.321. The first-order valence-corrected chi connectivity index (χ1v) is 3.09. The minimum Gasteiger partial charge on any atom is -0.466 e. The van der Waals surface area contributed by atoms with Crippen molar-refractivity contribution in [2.75, 3.05) is 7.11 Å². The minimum atomic E-state index is -0.394. The second-order valence-corrected chi connectivity index (χ2v) is 1.39. The highest BCUT2D eigenvalue weighted by Gasteiger charge is 1.81. The molecule has 4 nitrogen and oxygen atoms in total. The standard InChI is InChI=1S/C4H6O2.CH2O2P/c1-3-4(5)6-2;2-1-4-3/h3H,1H2,2H3;1-2H. The van der Waals surface area contributed by atoms with E-state index in [0.29, 0.717) is 6.35 Å². The Morgan fingerprint density at radius 3 is 2.20 bits per heavy atom. The Kier molecular flexibility index (Phi) is 13.3. The van der Waals surface area contributed by atoms with Crippen molar-refractivity contribution < 1.29 is 19.2 Å². The van der Waals surface area contributed by atoms with E-state index in [0.717, 1.165) is 6.08 Å².